The molecule has 140 valence electrons. The van der Waals surface area contributed by atoms with Gasteiger partial charge in [0.05, 0.1) is 6.21 Å². The molecule has 7 heteroatoms. The van der Waals surface area contributed by atoms with Gasteiger partial charge in [0.2, 0.25) is 5.91 Å². The van der Waals surface area contributed by atoms with Gasteiger partial charge in [0.1, 0.15) is 5.82 Å². The van der Waals surface area contributed by atoms with E-state index in [0.29, 0.717) is 36.5 Å². The van der Waals surface area contributed by atoms with Gasteiger partial charge in [0, 0.05) is 29.6 Å². The van der Waals surface area contributed by atoms with Crippen LogP contribution in [0, 0.1) is 11.7 Å². The second-order valence-electron chi connectivity index (χ2n) is 6.36. The van der Waals surface area contributed by atoms with Crippen LogP contribution in [0.15, 0.2) is 53.6 Å². The Hall–Kier alpha value is -2.73. The Bertz CT molecular complexity index is 829. The van der Waals surface area contributed by atoms with Crippen molar-refractivity contribution in [2.24, 2.45) is 11.0 Å². The second-order valence-corrected chi connectivity index (χ2v) is 6.80. The Balaban J connectivity index is 1.48. The van der Waals surface area contributed by atoms with Crippen LogP contribution in [0.3, 0.4) is 0 Å². The minimum atomic E-state index is -0.374. The van der Waals surface area contributed by atoms with E-state index < -0.39 is 0 Å². The molecule has 0 aliphatic carbocycles. The molecule has 2 aromatic carbocycles. The van der Waals surface area contributed by atoms with Crippen LogP contribution >= 0.6 is 11.6 Å². The number of benzene rings is 2. The summed E-state index contributed by atoms with van der Waals surface area (Å²) in [7, 11) is 0. The summed E-state index contributed by atoms with van der Waals surface area (Å²) >= 11 is 5.82. The highest BCUT2D eigenvalue weighted by Crippen LogP contribution is 2.19. The van der Waals surface area contributed by atoms with Gasteiger partial charge in [-0.15, -0.1) is 0 Å². The molecule has 0 radical (unpaired) electrons. The van der Waals surface area contributed by atoms with Crippen LogP contribution in [0.25, 0.3) is 0 Å². The van der Waals surface area contributed by atoms with Gasteiger partial charge in [-0.25, -0.2) is 9.82 Å². The summed E-state index contributed by atoms with van der Waals surface area (Å²) in [4.78, 5) is 26.3. The third kappa shape index (κ3) is 5.14. The van der Waals surface area contributed by atoms with E-state index in [4.69, 9.17) is 11.6 Å². The number of hydrazone groups is 1. The largest absolute Gasteiger partial charge is 0.339 e. The monoisotopic (exact) mass is 387 g/mol. The molecular formula is C20H19ClFN3O2. The quantitative estimate of drug-likeness (QED) is 0.645. The first-order valence-electron chi connectivity index (χ1n) is 8.66. The second kappa shape index (κ2) is 8.77. The SMILES string of the molecule is O=C(N/N=C\c1ccc(Cl)cc1)C1CCN(C(=O)c2ccc(F)cc2)CC1. The Kier molecular flexibility index (Phi) is 6.19. The lowest BCUT2D eigenvalue weighted by atomic mass is 9.95. The highest BCUT2D eigenvalue weighted by atomic mass is 35.5. The molecular weight excluding hydrogens is 369 g/mol. The van der Waals surface area contributed by atoms with Gasteiger partial charge in [-0.3, -0.25) is 9.59 Å². The summed E-state index contributed by atoms with van der Waals surface area (Å²) in [6.45, 7) is 0.963. The maximum Gasteiger partial charge on any atom is 0.253 e. The van der Waals surface area contributed by atoms with Gasteiger partial charge in [-0.1, -0.05) is 23.7 Å². The van der Waals surface area contributed by atoms with Crippen LogP contribution < -0.4 is 5.43 Å². The van der Waals surface area contributed by atoms with Gasteiger partial charge in [-0.2, -0.15) is 5.10 Å². The lowest BCUT2D eigenvalue weighted by Gasteiger charge is -2.31. The summed E-state index contributed by atoms with van der Waals surface area (Å²) in [6.07, 6.45) is 2.69. The molecule has 0 saturated carbocycles. The summed E-state index contributed by atoms with van der Waals surface area (Å²) < 4.78 is 13.0. The number of carbonyl (C=O) groups is 2. The average molecular weight is 388 g/mol. The molecule has 1 fully saturated rings. The highest BCUT2D eigenvalue weighted by molar-refractivity contribution is 6.30. The van der Waals surface area contributed by atoms with Gasteiger partial charge >= 0.3 is 0 Å². The van der Waals surface area contributed by atoms with Crippen molar-refractivity contribution in [1.82, 2.24) is 10.3 Å². The maximum absolute atomic E-state index is 13.0. The first-order valence-corrected chi connectivity index (χ1v) is 9.04. The van der Waals surface area contributed by atoms with Crippen LogP contribution in [0.1, 0.15) is 28.8 Å². The number of amides is 2. The van der Waals surface area contributed by atoms with Crippen molar-refractivity contribution in [2.45, 2.75) is 12.8 Å². The molecule has 0 spiro atoms. The first kappa shape index (κ1) is 19.0. The molecule has 0 bridgehead atoms. The number of hydrogen-bond donors (Lipinski definition) is 1. The molecule has 1 heterocycles. The summed E-state index contributed by atoms with van der Waals surface area (Å²) in [5.74, 6) is -0.866. The van der Waals surface area contributed by atoms with E-state index in [1.165, 1.54) is 24.3 Å². The van der Waals surface area contributed by atoms with Gasteiger partial charge in [0.25, 0.3) is 5.91 Å². The minimum Gasteiger partial charge on any atom is -0.339 e. The zero-order valence-electron chi connectivity index (χ0n) is 14.6. The van der Waals surface area contributed by atoms with Crippen molar-refractivity contribution in [2.75, 3.05) is 13.1 Å². The van der Waals surface area contributed by atoms with Crippen molar-refractivity contribution in [3.05, 3.63) is 70.5 Å². The van der Waals surface area contributed by atoms with Gasteiger partial charge in [-0.05, 0) is 54.8 Å². The third-order valence-corrected chi connectivity index (χ3v) is 4.75. The number of halogens is 2. The Morgan fingerprint density at radius 1 is 1.07 bits per heavy atom. The number of nitrogens with zero attached hydrogens (tertiary/aromatic N) is 2. The third-order valence-electron chi connectivity index (χ3n) is 4.50. The zero-order valence-corrected chi connectivity index (χ0v) is 15.3. The lowest BCUT2D eigenvalue weighted by molar-refractivity contribution is -0.126. The predicted molar refractivity (Wildman–Crippen MR) is 102 cm³/mol. The normalized spacial score (nSPS) is 15.1. The summed E-state index contributed by atoms with van der Waals surface area (Å²) in [5.41, 5.74) is 3.83. The molecule has 0 atom stereocenters. The van der Waals surface area contributed by atoms with E-state index in [1.807, 2.05) is 0 Å². The lowest BCUT2D eigenvalue weighted by Crippen LogP contribution is -2.42. The van der Waals surface area contributed by atoms with E-state index in [0.717, 1.165) is 5.56 Å². The van der Waals surface area contributed by atoms with Gasteiger partial charge in [0.15, 0.2) is 0 Å². The molecule has 27 heavy (non-hydrogen) atoms. The fraction of sp³-hybridized carbons (Fsp3) is 0.250. The molecule has 0 aromatic heterocycles. The smallest absolute Gasteiger partial charge is 0.253 e. The molecule has 0 unspecified atom stereocenters. The molecule has 5 nitrogen and oxygen atoms in total. The van der Waals surface area contributed by atoms with E-state index in [-0.39, 0.29) is 23.5 Å². The number of nitrogens with one attached hydrogen (secondary N) is 1. The van der Waals surface area contributed by atoms with E-state index in [9.17, 15) is 14.0 Å². The van der Waals surface area contributed by atoms with Crippen LogP contribution in [0.2, 0.25) is 5.02 Å². The molecule has 1 N–H and O–H groups in total. The Morgan fingerprint density at radius 3 is 2.33 bits per heavy atom. The van der Waals surface area contributed by atoms with Gasteiger partial charge < -0.3 is 4.90 Å². The highest BCUT2D eigenvalue weighted by Gasteiger charge is 2.27. The number of carbonyl (C=O) groups excluding carboxylic acids is 2. The van der Waals surface area contributed by atoms with Crippen LogP contribution in [0.5, 0.6) is 0 Å². The van der Waals surface area contributed by atoms with E-state index in [2.05, 4.69) is 10.5 Å². The molecule has 1 aliphatic heterocycles. The summed E-state index contributed by atoms with van der Waals surface area (Å²) in [6, 6.07) is 12.6. The van der Waals surface area contributed by atoms with E-state index in [1.54, 1.807) is 35.4 Å². The number of hydrogen-bond acceptors (Lipinski definition) is 3. The number of piperidine rings is 1. The van der Waals surface area contributed by atoms with Crippen LogP contribution in [0.4, 0.5) is 4.39 Å². The van der Waals surface area contributed by atoms with Crippen molar-refractivity contribution < 1.29 is 14.0 Å². The van der Waals surface area contributed by atoms with Crippen molar-refractivity contribution in [1.29, 1.82) is 0 Å². The summed E-state index contributed by atoms with van der Waals surface area (Å²) in [5, 5.41) is 4.61. The topological polar surface area (TPSA) is 61.8 Å². The van der Waals surface area contributed by atoms with Crippen molar-refractivity contribution >= 4 is 29.6 Å². The molecule has 2 aromatic rings. The fourth-order valence-electron chi connectivity index (χ4n) is 2.93. The molecule has 1 aliphatic rings. The number of likely N-dealkylation sites (tertiary alicyclic amines) is 1. The maximum atomic E-state index is 13.0. The molecule has 1 saturated heterocycles. The van der Waals surface area contributed by atoms with Crippen molar-refractivity contribution in [3.63, 3.8) is 0 Å². The Morgan fingerprint density at radius 2 is 1.70 bits per heavy atom. The van der Waals surface area contributed by atoms with Crippen molar-refractivity contribution in [3.8, 4) is 0 Å². The molecule has 2 amide bonds. The minimum absolute atomic E-state index is 0.144. The van der Waals surface area contributed by atoms with Crippen LogP contribution in [-0.2, 0) is 4.79 Å². The number of rotatable bonds is 4. The average Bonchev–Trinajstić information content (AvgIpc) is 2.69. The Labute approximate surface area is 161 Å². The fourth-order valence-corrected chi connectivity index (χ4v) is 3.06. The first-order chi connectivity index (χ1) is 13.0. The molecule has 3 rings (SSSR count). The standard InChI is InChI=1S/C20H19ClFN3O2/c21-17-5-1-14(2-6-17)13-23-24-19(26)15-9-11-25(12-10-15)20(27)16-3-7-18(22)8-4-16/h1-8,13,15H,9-12H2,(H,24,26)/b23-13-. The zero-order chi connectivity index (χ0) is 19.2. The van der Waals surface area contributed by atoms with Crippen LogP contribution in [-0.4, -0.2) is 36.0 Å². The van der Waals surface area contributed by atoms with E-state index >= 15 is 0 Å². The predicted octanol–water partition coefficient (Wildman–Crippen LogP) is 3.48.